The van der Waals surface area contributed by atoms with Crippen LogP contribution in [0, 0.1) is 11.3 Å². The van der Waals surface area contributed by atoms with Crippen LogP contribution in [-0.2, 0) is 11.3 Å². The van der Waals surface area contributed by atoms with E-state index in [9.17, 15) is 4.79 Å². The van der Waals surface area contributed by atoms with E-state index < -0.39 is 0 Å². The smallest absolute Gasteiger partial charge is 0.275 e. The fraction of sp³-hybridized carbons (Fsp3) is 0.348. The Labute approximate surface area is 184 Å². The number of nitrogens with one attached hydrogen (secondary N) is 3. The molecule has 3 N–H and O–H groups in total. The van der Waals surface area contributed by atoms with Crippen molar-refractivity contribution in [2.45, 2.75) is 25.4 Å². The number of benzene rings is 1. The van der Waals surface area contributed by atoms with Gasteiger partial charge in [0, 0.05) is 30.2 Å². The van der Waals surface area contributed by atoms with Crippen molar-refractivity contribution < 1.29 is 4.74 Å². The first-order chi connectivity index (χ1) is 15.1. The molecule has 0 radical (unpaired) electrons. The molecule has 0 bridgehead atoms. The number of hydrogen-bond donors (Lipinski definition) is 3. The Kier molecular flexibility index (Phi) is 5.38. The number of nitrogens with zero attached hydrogens (tertiary/aromatic N) is 2. The molecular formula is C23H24ClN5O2. The molecule has 7 nitrogen and oxygen atoms in total. The number of allylic oxidation sites excluding steroid dienone is 4. The Balaban J connectivity index is 1.38. The maximum absolute atomic E-state index is 12.8. The Morgan fingerprint density at radius 2 is 2.03 bits per heavy atom. The van der Waals surface area contributed by atoms with Gasteiger partial charge in [-0.3, -0.25) is 4.79 Å². The summed E-state index contributed by atoms with van der Waals surface area (Å²) < 4.78 is 7.43. The molecule has 1 saturated carbocycles. The number of hydrogen-bond acceptors (Lipinski definition) is 6. The van der Waals surface area contributed by atoms with Crippen LogP contribution in [0.1, 0.15) is 24.6 Å². The highest BCUT2D eigenvalue weighted by atomic mass is 35.5. The number of rotatable bonds is 7. The molecule has 2 aliphatic carbocycles. The first-order valence-corrected chi connectivity index (χ1v) is 10.9. The molecule has 1 aromatic heterocycles. The lowest BCUT2D eigenvalue weighted by Crippen LogP contribution is -2.48. The van der Waals surface area contributed by atoms with Crippen LogP contribution in [0.2, 0.25) is 0 Å². The number of halogens is 1. The van der Waals surface area contributed by atoms with Crippen molar-refractivity contribution >= 4 is 28.1 Å². The lowest BCUT2D eigenvalue weighted by molar-refractivity contribution is 0.209. The highest BCUT2D eigenvalue weighted by molar-refractivity contribution is 6.35. The molecule has 0 atom stereocenters. The van der Waals surface area contributed by atoms with Crippen LogP contribution in [0.5, 0.6) is 0 Å². The van der Waals surface area contributed by atoms with E-state index in [2.05, 4.69) is 15.7 Å². The van der Waals surface area contributed by atoms with Gasteiger partial charge in [0.25, 0.3) is 5.56 Å². The normalized spacial score (nSPS) is 20.4. The van der Waals surface area contributed by atoms with Gasteiger partial charge in [0.1, 0.15) is 5.76 Å². The standard InChI is InChI=1S/C23H24ClN5O2/c24-19-8-20(25)15(7-22(19)31-13-14-5-6-14)9-26-12-21-17-3-1-2-4-18(17)23(30)29(28-21)16-10-27-11-16/h1-4,7-9,14,16,25-27H,5-6,10-13H2/b15-9-,25-20?. The first kappa shape index (κ1) is 20.0. The van der Waals surface area contributed by atoms with E-state index in [0.717, 1.165) is 24.2 Å². The highest BCUT2D eigenvalue weighted by Crippen LogP contribution is 2.32. The van der Waals surface area contributed by atoms with Gasteiger partial charge >= 0.3 is 0 Å². The van der Waals surface area contributed by atoms with Crippen molar-refractivity contribution in [2.75, 3.05) is 19.7 Å². The lowest BCUT2D eigenvalue weighted by atomic mass is 10.1. The maximum Gasteiger partial charge on any atom is 0.275 e. The molecule has 160 valence electrons. The number of aromatic nitrogens is 2. The molecule has 2 heterocycles. The van der Waals surface area contributed by atoms with Crippen molar-refractivity contribution in [1.29, 1.82) is 5.41 Å². The third kappa shape index (κ3) is 4.16. The summed E-state index contributed by atoms with van der Waals surface area (Å²) in [6.07, 6.45) is 7.59. The highest BCUT2D eigenvalue weighted by Gasteiger charge is 2.24. The van der Waals surface area contributed by atoms with Crippen LogP contribution in [0.25, 0.3) is 10.8 Å². The molecule has 2 aromatic rings. The Hall–Kier alpha value is -2.90. The van der Waals surface area contributed by atoms with Gasteiger partial charge in [-0.1, -0.05) is 29.8 Å². The average molecular weight is 438 g/mol. The fourth-order valence-electron chi connectivity index (χ4n) is 3.65. The summed E-state index contributed by atoms with van der Waals surface area (Å²) in [5, 5.41) is 21.3. The zero-order valence-corrected chi connectivity index (χ0v) is 17.8. The van der Waals surface area contributed by atoms with Gasteiger partial charge in [-0.25, -0.2) is 4.68 Å². The number of fused-ring (bicyclic) bond motifs is 1. The summed E-state index contributed by atoms with van der Waals surface area (Å²) in [4.78, 5) is 12.8. The minimum absolute atomic E-state index is 0.0570. The Bertz CT molecular complexity index is 1190. The van der Waals surface area contributed by atoms with E-state index in [1.807, 2.05) is 24.3 Å². The summed E-state index contributed by atoms with van der Waals surface area (Å²) in [5.74, 6) is 1.23. The molecule has 1 aromatic carbocycles. The van der Waals surface area contributed by atoms with E-state index in [1.54, 1.807) is 23.0 Å². The van der Waals surface area contributed by atoms with Gasteiger partial charge in [-0.2, -0.15) is 5.10 Å². The van der Waals surface area contributed by atoms with E-state index >= 15 is 0 Å². The van der Waals surface area contributed by atoms with Crippen LogP contribution in [0.3, 0.4) is 0 Å². The van der Waals surface area contributed by atoms with E-state index in [-0.39, 0.29) is 11.6 Å². The average Bonchev–Trinajstić information content (AvgIpc) is 3.55. The largest absolute Gasteiger partial charge is 0.492 e. The topological polar surface area (TPSA) is 92.0 Å². The summed E-state index contributed by atoms with van der Waals surface area (Å²) in [6, 6.07) is 7.64. The molecule has 31 heavy (non-hydrogen) atoms. The first-order valence-electron chi connectivity index (χ1n) is 10.6. The summed E-state index contributed by atoms with van der Waals surface area (Å²) in [7, 11) is 0. The quantitative estimate of drug-likeness (QED) is 0.619. The summed E-state index contributed by atoms with van der Waals surface area (Å²) >= 11 is 6.25. The zero-order chi connectivity index (χ0) is 21.4. The van der Waals surface area contributed by atoms with Gasteiger partial charge in [0.2, 0.25) is 0 Å². The SMILES string of the molecule is N=C1C=C(Cl)C(OCC2CC2)=C/C1=C/NCc1nn(C2CNC2)c(=O)c2ccccc12. The predicted molar refractivity (Wildman–Crippen MR) is 121 cm³/mol. The van der Waals surface area contributed by atoms with Crippen LogP contribution >= 0.6 is 11.6 Å². The van der Waals surface area contributed by atoms with Crippen molar-refractivity contribution in [3.63, 3.8) is 0 Å². The van der Waals surface area contributed by atoms with Crippen LogP contribution in [-0.4, -0.2) is 35.2 Å². The van der Waals surface area contributed by atoms with Crippen LogP contribution in [0.4, 0.5) is 0 Å². The second kappa shape index (κ2) is 8.32. The zero-order valence-electron chi connectivity index (χ0n) is 17.0. The lowest BCUT2D eigenvalue weighted by Gasteiger charge is -2.28. The van der Waals surface area contributed by atoms with Crippen molar-refractivity contribution in [2.24, 2.45) is 5.92 Å². The molecule has 8 heteroatoms. The van der Waals surface area contributed by atoms with Gasteiger partial charge < -0.3 is 20.8 Å². The van der Waals surface area contributed by atoms with Gasteiger partial charge in [-0.15, -0.1) is 0 Å². The molecule has 2 fully saturated rings. The second-order valence-corrected chi connectivity index (χ2v) is 8.61. The molecule has 1 saturated heterocycles. The van der Waals surface area contributed by atoms with Crippen molar-refractivity contribution in [1.82, 2.24) is 20.4 Å². The van der Waals surface area contributed by atoms with E-state index in [0.29, 0.717) is 46.5 Å². The molecule has 0 spiro atoms. The van der Waals surface area contributed by atoms with Crippen molar-refractivity contribution in [3.8, 4) is 0 Å². The van der Waals surface area contributed by atoms with Gasteiger partial charge in [0.05, 0.1) is 41.0 Å². The molecule has 3 aliphatic rings. The third-order valence-corrected chi connectivity index (χ3v) is 6.11. The summed E-state index contributed by atoms with van der Waals surface area (Å²) in [6.45, 7) is 2.60. The number of ether oxygens (including phenoxy) is 1. The molecule has 1 aliphatic heterocycles. The minimum atomic E-state index is -0.0570. The summed E-state index contributed by atoms with van der Waals surface area (Å²) in [5.41, 5.74) is 1.75. The van der Waals surface area contributed by atoms with Crippen molar-refractivity contribution in [3.05, 3.63) is 75.0 Å². The Morgan fingerprint density at radius 3 is 2.74 bits per heavy atom. The predicted octanol–water partition coefficient (Wildman–Crippen LogP) is 2.98. The molecular weight excluding hydrogens is 414 g/mol. The molecule has 0 unspecified atom stereocenters. The van der Waals surface area contributed by atoms with Crippen LogP contribution < -0.4 is 16.2 Å². The van der Waals surface area contributed by atoms with E-state index in [4.69, 9.17) is 21.7 Å². The second-order valence-electron chi connectivity index (χ2n) is 8.20. The van der Waals surface area contributed by atoms with Crippen LogP contribution in [0.15, 0.2) is 63.8 Å². The molecule has 0 amide bonds. The fourth-order valence-corrected chi connectivity index (χ4v) is 3.87. The third-order valence-electron chi connectivity index (χ3n) is 5.81. The Morgan fingerprint density at radius 1 is 1.26 bits per heavy atom. The van der Waals surface area contributed by atoms with E-state index in [1.165, 1.54) is 12.8 Å². The monoisotopic (exact) mass is 437 g/mol. The minimum Gasteiger partial charge on any atom is -0.492 e. The van der Waals surface area contributed by atoms with Gasteiger partial charge in [0.15, 0.2) is 0 Å². The van der Waals surface area contributed by atoms with Gasteiger partial charge in [-0.05, 0) is 37.0 Å². The maximum atomic E-state index is 12.8. The molecule has 5 rings (SSSR count).